The highest BCUT2D eigenvalue weighted by Gasteiger charge is 2.33. The molecule has 1 aromatic rings. The standard InChI is InChI=1S/C22H31N/c1-7-15(3)17(5)19(10-9-11-23-6)14-22-20-12-16(4)18(8-2)13-21(20)22/h9-13,22-23H,7-8,14H2,1-6H3/b11-9-,17-15+,19-10-. The van der Waals surface area contributed by atoms with Gasteiger partial charge in [0, 0.05) is 13.0 Å². The summed E-state index contributed by atoms with van der Waals surface area (Å²) in [5, 5.41) is 3.07. The molecule has 0 radical (unpaired) electrons. The van der Waals surface area contributed by atoms with E-state index in [-0.39, 0.29) is 0 Å². The number of allylic oxidation sites excluding steroid dienone is 5. The van der Waals surface area contributed by atoms with E-state index in [0.29, 0.717) is 5.92 Å². The number of aryl methyl sites for hydroxylation is 2. The molecular formula is C22H31N. The van der Waals surface area contributed by atoms with Crippen molar-refractivity contribution >= 4 is 0 Å². The lowest BCUT2D eigenvalue weighted by atomic mass is 9.95. The van der Waals surface area contributed by atoms with Gasteiger partial charge in [0.1, 0.15) is 0 Å². The van der Waals surface area contributed by atoms with Crippen LogP contribution in [0.2, 0.25) is 0 Å². The maximum atomic E-state index is 3.07. The van der Waals surface area contributed by atoms with Crippen LogP contribution in [0, 0.1) is 6.92 Å². The topological polar surface area (TPSA) is 12.0 Å². The van der Waals surface area contributed by atoms with Gasteiger partial charge in [-0.15, -0.1) is 0 Å². The van der Waals surface area contributed by atoms with Gasteiger partial charge in [0.2, 0.25) is 0 Å². The molecule has 0 heterocycles. The summed E-state index contributed by atoms with van der Waals surface area (Å²) in [7, 11) is 1.94. The van der Waals surface area contributed by atoms with Crippen molar-refractivity contribution in [1.29, 1.82) is 0 Å². The molecule has 0 aromatic heterocycles. The molecule has 0 fully saturated rings. The molecule has 1 heteroatoms. The van der Waals surface area contributed by atoms with E-state index in [9.17, 15) is 0 Å². The maximum absolute atomic E-state index is 3.07. The number of rotatable bonds is 7. The van der Waals surface area contributed by atoms with Crippen molar-refractivity contribution in [2.75, 3.05) is 7.05 Å². The van der Waals surface area contributed by atoms with E-state index < -0.39 is 0 Å². The lowest BCUT2D eigenvalue weighted by molar-refractivity contribution is 0.919. The molecule has 0 spiro atoms. The summed E-state index contributed by atoms with van der Waals surface area (Å²) in [6.45, 7) is 11.3. The first-order valence-electron chi connectivity index (χ1n) is 8.86. The zero-order valence-electron chi connectivity index (χ0n) is 15.6. The van der Waals surface area contributed by atoms with Crippen LogP contribution < -0.4 is 5.32 Å². The van der Waals surface area contributed by atoms with Crippen molar-refractivity contribution in [2.45, 2.75) is 59.8 Å². The predicted molar refractivity (Wildman–Crippen MR) is 102 cm³/mol. The first-order chi connectivity index (χ1) is 11.0. The second-order valence-corrected chi connectivity index (χ2v) is 6.62. The van der Waals surface area contributed by atoms with E-state index in [0.717, 1.165) is 19.3 Å². The monoisotopic (exact) mass is 309 g/mol. The molecule has 23 heavy (non-hydrogen) atoms. The van der Waals surface area contributed by atoms with Gasteiger partial charge in [-0.25, -0.2) is 0 Å². The Kier molecular flexibility index (Phi) is 5.87. The van der Waals surface area contributed by atoms with Crippen molar-refractivity contribution in [3.05, 3.63) is 69.5 Å². The number of hydrogen-bond acceptors (Lipinski definition) is 1. The highest BCUT2D eigenvalue weighted by atomic mass is 14.8. The van der Waals surface area contributed by atoms with Crippen LogP contribution in [0.1, 0.15) is 68.7 Å². The van der Waals surface area contributed by atoms with Gasteiger partial charge in [-0.3, -0.25) is 0 Å². The van der Waals surface area contributed by atoms with Gasteiger partial charge in [-0.1, -0.05) is 37.6 Å². The summed E-state index contributed by atoms with van der Waals surface area (Å²) in [5.41, 5.74) is 10.5. The smallest absolute Gasteiger partial charge is 0.0136 e. The van der Waals surface area contributed by atoms with Gasteiger partial charge < -0.3 is 5.32 Å². The zero-order valence-corrected chi connectivity index (χ0v) is 15.6. The minimum atomic E-state index is 0.628. The number of nitrogens with one attached hydrogen (secondary N) is 1. The molecule has 1 aromatic carbocycles. The first-order valence-corrected chi connectivity index (χ1v) is 8.86. The summed E-state index contributed by atoms with van der Waals surface area (Å²) in [5.74, 6) is 0.628. The molecule has 1 N–H and O–H groups in total. The fourth-order valence-corrected chi connectivity index (χ4v) is 3.27. The van der Waals surface area contributed by atoms with Crippen LogP contribution in [0.15, 0.2) is 47.2 Å². The quantitative estimate of drug-likeness (QED) is 0.628. The van der Waals surface area contributed by atoms with Gasteiger partial charge in [0.05, 0.1) is 0 Å². The summed E-state index contributed by atoms with van der Waals surface area (Å²) in [4.78, 5) is 0. The third-order valence-electron chi connectivity index (χ3n) is 5.23. The Morgan fingerprint density at radius 1 is 1.17 bits per heavy atom. The Hall–Kier alpha value is -1.76. The molecule has 0 amide bonds. The molecule has 0 saturated carbocycles. The van der Waals surface area contributed by atoms with E-state index in [2.05, 4.69) is 64.2 Å². The molecule has 2 rings (SSSR count). The van der Waals surface area contributed by atoms with Crippen molar-refractivity contribution in [1.82, 2.24) is 5.32 Å². The normalized spacial score (nSPS) is 18.0. The molecule has 124 valence electrons. The van der Waals surface area contributed by atoms with Crippen molar-refractivity contribution in [3.63, 3.8) is 0 Å². The summed E-state index contributed by atoms with van der Waals surface area (Å²) < 4.78 is 0. The fourth-order valence-electron chi connectivity index (χ4n) is 3.27. The second kappa shape index (κ2) is 7.68. The summed E-state index contributed by atoms with van der Waals surface area (Å²) >= 11 is 0. The lowest BCUT2D eigenvalue weighted by Gasteiger charge is -2.11. The maximum Gasteiger partial charge on any atom is 0.0136 e. The van der Waals surface area contributed by atoms with Crippen molar-refractivity contribution < 1.29 is 0 Å². The molecule has 0 saturated heterocycles. The van der Waals surface area contributed by atoms with Crippen LogP contribution in [0.5, 0.6) is 0 Å². The SMILES string of the molecule is CC/C(C)=C(C)/C(=C\C=C/NC)CC1c2cc(C)c(CC)cc21. The average Bonchev–Trinajstić information content (AvgIpc) is 3.22. The summed E-state index contributed by atoms with van der Waals surface area (Å²) in [6, 6.07) is 4.84. The first kappa shape index (κ1) is 17.6. The predicted octanol–water partition coefficient (Wildman–Crippen LogP) is 5.80. The zero-order chi connectivity index (χ0) is 17.0. The van der Waals surface area contributed by atoms with Gasteiger partial charge in [-0.05, 0) is 85.7 Å². The van der Waals surface area contributed by atoms with E-state index in [4.69, 9.17) is 0 Å². The van der Waals surface area contributed by atoms with E-state index in [1.807, 2.05) is 13.2 Å². The fraction of sp³-hybridized carbons (Fsp3) is 0.455. The Morgan fingerprint density at radius 2 is 1.87 bits per heavy atom. The van der Waals surface area contributed by atoms with Crippen molar-refractivity contribution in [2.24, 2.45) is 0 Å². The molecule has 0 aliphatic heterocycles. The van der Waals surface area contributed by atoms with Crippen LogP contribution >= 0.6 is 0 Å². The Morgan fingerprint density at radius 3 is 2.48 bits per heavy atom. The van der Waals surface area contributed by atoms with Crippen LogP contribution in [0.4, 0.5) is 0 Å². The van der Waals surface area contributed by atoms with Crippen LogP contribution in [-0.4, -0.2) is 7.05 Å². The van der Waals surface area contributed by atoms with Crippen LogP contribution in [0.25, 0.3) is 0 Å². The number of benzene rings is 1. The van der Waals surface area contributed by atoms with E-state index in [1.54, 1.807) is 11.1 Å². The highest BCUT2D eigenvalue weighted by molar-refractivity contribution is 5.58. The molecular weight excluding hydrogens is 278 g/mol. The third kappa shape index (κ3) is 3.96. The van der Waals surface area contributed by atoms with Crippen molar-refractivity contribution in [3.8, 4) is 0 Å². The van der Waals surface area contributed by atoms with Gasteiger partial charge >= 0.3 is 0 Å². The average molecular weight is 309 g/mol. The molecule has 1 aliphatic rings. The second-order valence-electron chi connectivity index (χ2n) is 6.62. The van der Waals surface area contributed by atoms with Gasteiger partial charge in [0.15, 0.2) is 0 Å². The number of hydrogen-bond donors (Lipinski definition) is 1. The Bertz CT molecular complexity index is 659. The molecule has 1 unspecified atom stereocenters. The lowest BCUT2D eigenvalue weighted by Crippen LogP contribution is -1.93. The Labute approximate surface area is 142 Å². The molecule has 1 atom stereocenters. The minimum absolute atomic E-state index is 0.628. The van der Waals surface area contributed by atoms with Crippen LogP contribution in [0.3, 0.4) is 0 Å². The highest BCUT2D eigenvalue weighted by Crippen LogP contribution is 2.49. The van der Waals surface area contributed by atoms with Gasteiger partial charge in [0.25, 0.3) is 0 Å². The largest absolute Gasteiger partial charge is 0.394 e. The van der Waals surface area contributed by atoms with E-state index >= 15 is 0 Å². The third-order valence-corrected chi connectivity index (χ3v) is 5.23. The molecule has 1 aliphatic carbocycles. The molecule has 0 bridgehead atoms. The van der Waals surface area contributed by atoms with E-state index in [1.165, 1.54) is 27.8 Å². The molecule has 1 nitrogen and oxygen atoms in total. The number of fused-ring (bicyclic) bond motifs is 1. The van der Waals surface area contributed by atoms with Crippen LogP contribution in [-0.2, 0) is 6.42 Å². The minimum Gasteiger partial charge on any atom is -0.394 e. The van der Waals surface area contributed by atoms with Gasteiger partial charge in [-0.2, -0.15) is 0 Å². The summed E-state index contributed by atoms with van der Waals surface area (Å²) in [6.07, 6.45) is 9.77. The Balaban J connectivity index is 2.23.